The molecule has 2 amide bonds. The summed E-state index contributed by atoms with van der Waals surface area (Å²) in [4.78, 5) is 24.3. The van der Waals surface area contributed by atoms with Crippen LogP contribution in [0.3, 0.4) is 0 Å². The van der Waals surface area contributed by atoms with Crippen LogP contribution >= 0.6 is 0 Å². The van der Waals surface area contributed by atoms with Crippen molar-refractivity contribution in [2.75, 3.05) is 6.54 Å². The topological polar surface area (TPSA) is 72.6 Å². The first kappa shape index (κ1) is 12.5. The molecule has 1 atom stereocenters. The summed E-state index contributed by atoms with van der Waals surface area (Å²) in [5, 5.41) is 0. The van der Waals surface area contributed by atoms with Gasteiger partial charge in [0.15, 0.2) is 0 Å². The number of hydrogen-bond donors (Lipinski definition) is 1. The standard InChI is InChI=1S/C11H18N2O3/c1-7-5-8(9(12)14)13(6-7)10(15)16-11(2,3)4/h8H,1,5-6H2,2-4H3,(H2,12,14)/t8-/m0/s1. The number of likely N-dealkylation sites (tertiary alicyclic amines) is 1. The number of ether oxygens (including phenoxy) is 1. The molecule has 1 fully saturated rings. The van der Waals surface area contributed by atoms with Gasteiger partial charge < -0.3 is 10.5 Å². The average molecular weight is 226 g/mol. The lowest BCUT2D eigenvalue weighted by atomic mass is 10.2. The molecule has 1 saturated heterocycles. The van der Waals surface area contributed by atoms with E-state index in [0.717, 1.165) is 5.57 Å². The molecule has 1 heterocycles. The number of rotatable bonds is 1. The first-order valence-electron chi connectivity index (χ1n) is 5.16. The van der Waals surface area contributed by atoms with Gasteiger partial charge in [-0.3, -0.25) is 9.69 Å². The van der Waals surface area contributed by atoms with Gasteiger partial charge in [0.05, 0.1) is 0 Å². The van der Waals surface area contributed by atoms with Crippen LogP contribution in [0.4, 0.5) is 4.79 Å². The summed E-state index contributed by atoms with van der Waals surface area (Å²) in [6.45, 7) is 9.41. The van der Waals surface area contributed by atoms with Crippen LogP contribution < -0.4 is 5.73 Å². The largest absolute Gasteiger partial charge is 0.444 e. The number of primary amides is 1. The predicted octanol–water partition coefficient (Wildman–Crippen LogP) is 1.04. The Morgan fingerprint density at radius 1 is 1.50 bits per heavy atom. The van der Waals surface area contributed by atoms with Gasteiger partial charge in [-0.1, -0.05) is 12.2 Å². The smallest absolute Gasteiger partial charge is 0.411 e. The van der Waals surface area contributed by atoms with Gasteiger partial charge in [0.25, 0.3) is 0 Å². The molecule has 0 bridgehead atoms. The first-order valence-corrected chi connectivity index (χ1v) is 5.16. The Morgan fingerprint density at radius 3 is 2.50 bits per heavy atom. The minimum absolute atomic E-state index is 0.336. The molecule has 0 spiro atoms. The van der Waals surface area contributed by atoms with Crippen molar-refractivity contribution in [1.82, 2.24) is 4.90 Å². The van der Waals surface area contributed by atoms with Crippen molar-refractivity contribution in [3.8, 4) is 0 Å². The molecule has 5 heteroatoms. The van der Waals surface area contributed by atoms with Crippen LogP contribution in [0.5, 0.6) is 0 Å². The second-order valence-corrected chi connectivity index (χ2v) is 4.98. The second kappa shape index (κ2) is 4.15. The fourth-order valence-corrected chi connectivity index (χ4v) is 1.57. The van der Waals surface area contributed by atoms with E-state index in [2.05, 4.69) is 6.58 Å². The SMILES string of the molecule is C=C1C[C@@H](C(N)=O)N(C(=O)OC(C)(C)C)C1. The molecule has 0 radical (unpaired) electrons. The number of carbonyl (C=O) groups excluding carboxylic acids is 2. The van der Waals surface area contributed by atoms with Gasteiger partial charge in [0.2, 0.25) is 5.91 Å². The fourth-order valence-electron chi connectivity index (χ4n) is 1.57. The number of hydrogen-bond acceptors (Lipinski definition) is 3. The maximum absolute atomic E-state index is 11.8. The quantitative estimate of drug-likeness (QED) is 0.679. The van der Waals surface area contributed by atoms with Crippen molar-refractivity contribution < 1.29 is 14.3 Å². The van der Waals surface area contributed by atoms with Crippen molar-refractivity contribution in [3.63, 3.8) is 0 Å². The van der Waals surface area contributed by atoms with Crippen LogP contribution in [0.15, 0.2) is 12.2 Å². The molecule has 0 aromatic carbocycles. The van der Waals surface area contributed by atoms with E-state index in [9.17, 15) is 9.59 Å². The Bertz CT molecular complexity index is 331. The molecule has 0 unspecified atom stereocenters. The predicted molar refractivity (Wildman–Crippen MR) is 59.7 cm³/mol. The van der Waals surface area contributed by atoms with E-state index in [4.69, 9.17) is 10.5 Å². The van der Waals surface area contributed by atoms with Gasteiger partial charge in [0.1, 0.15) is 11.6 Å². The monoisotopic (exact) mass is 226 g/mol. The van der Waals surface area contributed by atoms with Gasteiger partial charge in [-0.05, 0) is 27.2 Å². The Labute approximate surface area is 95.2 Å². The van der Waals surface area contributed by atoms with Gasteiger partial charge in [-0.25, -0.2) is 4.79 Å². The van der Waals surface area contributed by atoms with E-state index in [1.807, 2.05) is 0 Å². The summed E-state index contributed by atoms with van der Waals surface area (Å²) in [5.74, 6) is -0.524. The Balaban J connectivity index is 2.75. The van der Waals surface area contributed by atoms with E-state index < -0.39 is 23.6 Å². The molecule has 1 aliphatic heterocycles. The third-order valence-electron chi connectivity index (χ3n) is 2.21. The molecule has 0 aliphatic carbocycles. The summed E-state index contributed by atoms with van der Waals surface area (Å²) in [6.07, 6.45) is -0.0934. The lowest BCUT2D eigenvalue weighted by Crippen LogP contribution is -2.45. The molecule has 1 rings (SSSR count). The minimum Gasteiger partial charge on any atom is -0.444 e. The Kier molecular flexibility index (Phi) is 3.26. The van der Waals surface area contributed by atoms with Gasteiger partial charge in [-0.15, -0.1) is 0 Å². The van der Waals surface area contributed by atoms with Crippen LogP contribution in [0, 0.1) is 0 Å². The summed E-state index contributed by atoms with van der Waals surface area (Å²) in [6, 6.07) is -0.623. The van der Waals surface area contributed by atoms with Crippen molar-refractivity contribution in [2.24, 2.45) is 5.73 Å². The molecule has 5 nitrogen and oxygen atoms in total. The lowest BCUT2D eigenvalue weighted by molar-refractivity contribution is -0.122. The van der Waals surface area contributed by atoms with E-state index in [-0.39, 0.29) is 0 Å². The average Bonchev–Trinajstić information content (AvgIpc) is 2.44. The zero-order valence-corrected chi connectivity index (χ0v) is 9.95. The molecule has 16 heavy (non-hydrogen) atoms. The van der Waals surface area contributed by atoms with Crippen molar-refractivity contribution in [3.05, 3.63) is 12.2 Å². The highest BCUT2D eigenvalue weighted by molar-refractivity contribution is 5.85. The number of amides is 2. The molecule has 0 aromatic rings. The molecular weight excluding hydrogens is 208 g/mol. The zero-order chi connectivity index (χ0) is 12.5. The normalized spacial score (nSPS) is 21.1. The lowest BCUT2D eigenvalue weighted by Gasteiger charge is -2.26. The molecule has 2 N–H and O–H groups in total. The van der Waals surface area contributed by atoms with Crippen molar-refractivity contribution >= 4 is 12.0 Å². The van der Waals surface area contributed by atoms with Gasteiger partial charge in [0, 0.05) is 6.54 Å². The van der Waals surface area contributed by atoms with Crippen LogP contribution in [-0.4, -0.2) is 35.1 Å². The molecule has 90 valence electrons. The highest BCUT2D eigenvalue weighted by Gasteiger charge is 2.37. The Hall–Kier alpha value is -1.52. The highest BCUT2D eigenvalue weighted by atomic mass is 16.6. The van der Waals surface area contributed by atoms with Crippen molar-refractivity contribution in [2.45, 2.75) is 38.8 Å². The fraction of sp³-hybridized carbons (Fsp3) is 0.636. The van der Waals surface area contributed by atoms with Gasteiger partial charge >= 0.3 is 6.09 Å². The molecule has 1 aliphatic rings. The summed E-state index contributed by atoms with van der Waals surface area (Å²) >= 11 is 0. The summed E-state index contributed by atoms with van der Waals surface area (Å²) in [7, 11) is 0. The third-order valence-corrected chi connectivity index (χ3v) is 2.21. The Morgan fingerprint density at radius 2 is 2.06 bits per heavy atom. The molecule has 0 aromatic heterocycles. The summed E-state index contributed by atoms with van der Waals surface area (Å²) < 4.78 is 5.19. The third kappa shape index (κ3) is 2.98. The van der Waals surface area contributed by atoms with Gasteiger partial charge in [-0.2, -0.15) is 0 Å². The van der Waals surface area contributed by atoms with E-state index in [0.29, 0.717) is 13.0 Å². The van der Waals surface area contributed by atoms with Crippen molar-refractivity contribution in [1.29, 1.82) is 0 Å². The molecule has 0 saturated carbocycles. The number of nitrogens with two attached hydrogens (primary N) is 1. The first-order chi connectivity index (χ1) is 7.20. The number of nitrogens with zero attached hydrogens (tertiary/aromatic N) is 1. The summed E-state index contributed by atoms with van der Waals surface area (Å²) in [5.41, 5.74) is 5.46. The second-order valence-electron chi connectivity index (χ2n) is 4.98. The highest BCUT2D eigenvalue weighted by Crippen LogP contribution is 2.23. The van der Waals surface area contributed by atoms with E-state index in [1.165, 1.54) is 4.90 Å². The maximum Gasteiger partial charge on any atom is 0.411 e. The number of carbonyl (C=O) groups is 2. The zero-order valence-electron chi connectivity index (χ0n) is 9.95. The van der Waals surface area contributed by atoms with E-state index >= 15 is 0 Å². The van der Waals surface area contributed by atoms with Crippen LogP contribution in [-0.2, 0) is 9.53 Å². The van der Waals surface area contributed by atoms with Crippen LogP contribution in [0.2, 0.25) is 0 Å². The molecular formula is C11H18N2O3. The minimum atomic E-state index is -0.623. The van der Waals surface area contributed by atoms with Crippen LogP contribution in [0.25, 0.3) is 0 Å². The maximum atomic E-state index is 11.8. The van der Waals surface area contributed by atoms with Crippen LogP contribution in [0.1, 0.15) is 27.2 Å². The van der Waals surface area contributed by atoms with E-state index in [1.54, 1.807) is 20.8 Å².